The van der Waals surface area contributed by atoms with Crippen LogP contribution in [0.3, 0.4) is 0 Å². The molecule has 0 aliphatic heterocycles. The van der Waals surface area contributed by atoms with E-state index in [1.165, 1.54) is 0 Å². The van der Waals surface area contributed by atoms with Gasteiger partial charge in [0.1, 0.15) is 6.04 Å². The summed E-state index contributed by atoms with van der Waals surface area (Å²) in [5, 5.41) is 5.24. The quantitative estimate of drug-likeness (QED) is 0.707. The van der Waals surface area contributed by atoms with Crippen molar-refractivity contribution in [1.82, 2.24) is 10.6 Å². The first-order valence-corrected chi connectivity index (χ1v) is 8.43. The van der Waals surface area contributed by atoms with E-state index in [1.54, 1.807) is 37.3 Å². The second-order valence-corrected chi connectivity index (χ2v) is 5.64. The summed E-state index contributed by atoms with van der Waals surface area (Å²) in [6, 6.07) is 17.0. The average molecular weight is 354 g/mol. The normalized spacial score (nSPS) is 11.3. The monoisotopic (exact) mass is 354 g/mol. The molecular formula is C20H22N2O4. The summed E-state index contributed by atoms with van der Waals surface area (Å²) in [7, 11) is 0. The third-order valence-electron chi connectivity index (χ3n) is 3.63. The highest BCUT2D eigenvalue weighted by atomic mass is 16.5. The van der Waals surface area contributed by atoms with Crippen LogP contribution in [-0.4, -0.2) is 37.0 Å². The molecule has 0 saturated carbocycles. The van der Waals surface area contributed by atoms with Crippen molar-refractivity contribution in [1.29, 1.82) is 0 Å². The first kappa shape index (κ1) is 19.2. The van der Waals surface area contributed by atoms with Crippen LogP contribution in [0, 0.1) is 0 Å². The van der Waals surface area contributed by atoms with E-state index in [4.69, 9.17) is 4.74 Å². The van der Waals surface area contributed by atoms with Crippen LogP contribution in [0.15, 0.2) is 60.7 Å². The van der Waals surface area contributed by atoms with Gasteiger partial charge in [0.2, 0.25) is 0 Å². The summed E-state index contributed by atoms with van der Waals surface area (Å²) >= 11 is 0. The Morgan fingerprint density at radius 3 is 2.19 bits per heavy atom. The van der Waals surface area contributed by atoms with Gasteiger partial charge >= 0.3 is 5.97 Å². The number of carbonyl (C=O) groups excluding carboxylic acids is 3. The van der Waals surface area contributed by atoms with Crippen LogP contribution in [-0.2, 0) is 20.7 Å². The summed E-state index contributed by atoms with van der Waals surface area (Å²) in [6.07, 6.45) is 0.271. The average Bonchev–Trinajstić information content (AvgIpc) is 2.67. The first-order valence-electron chi connectivity index (χ1n) is 8.43. The number of esters is 1. The molecule has 0 fully saturated rings. The van der Waals surface area contributed by atoms with E-state index in [1.807, 2.05) is 30.3 Å². The molecule has 0 radical (unpaired) electrons. The van der Waals surface area contributed by atoms with Gasteiger partial charge < -0.3 is 15.4 Å². The molecular weight excluding hydrogens is 332 g/mol. The molecule has 2 aromatic rings. The number of likely N-dealkylation sites (N-methyl/N-ethyl adjacent to an activating group) is 1. The van der Waals surface area contributed by atoms with E-state index in [9.17, 15) is 14.4 Å². The van der Waals surface area contributed by atoms with Crippen LogP contribution in [0.2, 0.25) is 0 Å². The maximum absolute atomic E-state index is 12.4. The Labute approximate surface area is 152 Å². The second-order valence-electron chi connectivity index (χ2n) is 5.64. The highest BCUT2D eigenvalue weighted by Gasteiger charge is 2.24. The molecule has 1 atom stereocenters. The van der Waals surface area contributed by atoms with Gasteiger partial charge in [0.15, 0.2) is 6.61 Å². The molecule has 0 spiro atoms. The number of carbonyl (C=O) groups is 3. The maximum Gasteiger partial charge on any atom is 0.329 e. The molecule has 0 unspecified atom stereocenters. The van der Waals surface area contributed by atoms with Crippen LogP contribution in [0.1, 0.15) is 22.8 Å². The van der Waals surface area contributed by atoms with Crippen LogP contribution in [0.5, 0.6) is 0 Å². The fourth-order valence-electron chi connectivity index (χ4n) is 2.36. The zero-order chi connectivity index (χ0) is 18.8. The topological polar surface area (TPSA) is 84.5 Å². The third kappa shape index (κ3) is 6.05. The predicted molar refractivity (Wildman–Crippen MR) is 97.5 cm³/mol. The highest BCUT2D eigenvalue weighted by Crippen LogP contribution is 2.07. The Hall–Kier alpha value is -3.15. The molecule has 0 saturated heterocycles. The number of amides is 2. The van der Waals surface area contributed by atoms with Gasteiger partial charge in [0.05, 0.1) is 0 Å². The number of rotatable bonds is 8. The Morgan fingerprint density at radius 2 is 1.58 bits per heavy atom. The lowest BCUT2D eigenvalue weighted by atomic mass is 10.1. The predicted octanol–water partition coefficient (Wildman–Crippen LogP) is 1.71. The molecule has 2 aromatic carbocycles. The summed E-state index contributed by atoms with van der Waals surface area (Å²) in [5.74, 6) is -1.40. The fraction of sp³-hybridized carbons (Fsp3) is 0.250. The lowest BCUT2D eigenvalue weighted by Gasteiger charge is -2.18. The molecule has 2 N–H and O–H groups in total. The van der Waals surface area contributed by atoms with Gasteiger partial charge in [-0.1, -0.05) is 48.5 Å². The SMILES string of the molecule is CCNC(=O)COC(=O)[C@H](Cc1ccccc1)NC(=O)c1ccccc1. The molecule has 6 heteroatoms. The largest absolute Gasteiger partial charge is 0.454 e. The minimum Gasteiger partial charge on any atom is -0.454 e. The van der Waals surface area contributed by atoms with E-state index in [2.05, 4.69) is 10.6 Å². The summed E-state index contributed by atoms with van der Waals surface area (Å²) in [6.45, 7) is 1.85. The second kappa shape index (κ2) is 9.98. The van der Waals surface area contributed by atoms with Crippen molar-refractivity contribution in [2.45, 2.75) is 19.4 Å². The standard InChI is InChI=1S/C20H22N2O4/c1-2-21-18(23)14-26-20(25)17(13-15-9-5-3-6-10-15)22-19(24)16-11-7-4-8-12-16/h3-12,17H,2,13-14H2,1H3,(H,21,23)(H,22,24)/t17-/m0/s1. The molecule has 0 bridgehead atoms. The number of hydrogen-bond acceptors (Lipinski definition) is 4. The number of hydrogen-bond donors (Lipinski definition) is 2. The van der Waals surface area contributed by atoms with Gasteiger partial charge in [-0.25, -0.2) is 4.79 Å². The van der Waals surface area contributed by atoms with Crippen LogP contribution in [0.25, 0.3) is 0 Å². The molecule has 0 aromatic heterocycles. The molecule has 0 aliphatic rings. The minimum absolute atomic E-state index is 0.271. The number of ether oxygens (including phenoxy) is 1. The lowest BCUT2D eigenvalue weighted by Crippen LogP contribution is -2.44. The van der Waals surface area contributed by atoms with E-state index in [0.717, 1.165) is 5.56 Å². The Bertz CT molecular complexity index is 732. The van der Waals surface area contributed by atoms with Gasteiger partial charge in [-0.3, -0.25) is 9.59 Å². The van der Waals surface area contributed by atoms with Crippen LogP contribution < -0.4 is 10.6 Å². The van der Waals surface area contributed by atoms with E-state index < -0.39 is 12.0 Å². The summed E-state index contributed by atoms with van der Waals surface area (Å²) < 4.78 is 5.06. The van der Waals surface area contributed by atoms with Gasteiger partial charge in [-0.2, -0.15) is 0 Å². The summed E-state index contributed by atoms with van der Waals surface area (Å²) in [4.78, 5) is 36.3. The van der Waals surface area contributed by atoms with Gasteiger partial charge in [-0.05, 0) is 24.6 Å². The Morgan fingerprint density at radius 1 is 0.962 bits per heavy atom. The third-order valence-corrected chi connectivity index (χ3v) is 3.63. The van der Waals surface area contributed by atoms with Crippen molar-refractivity contribution >= 4 is 17.8 Å². The summed E-state index contributed by atoms with van der Waals surface area (Å²) in [5.41, 5.74) is 1.32. The van der Waals surface area contributed by atoms with E-state index in [-0.39, 0.29) is 24.8 Å². The molecule has 6 nitrogen and oxygen atoms in total. The van der Waals surface area contributed by atoms with Crippen molar-refractivity contribution in [2.75, 3.05) is 13.2 Å². The van der Waals surface area contributed by atoms with Crippen LogP contribution in [0.4, 0.5) is 0 Å². The number of benzene rings is 2. The molecule has 0 aliphatic carbocycles. The van der Waals surface area contributed by atoms with Crippen molar-refractivity contribution < 1.29 is 19.1 Å². The smallest absolute Gasteiger partial charge is 0.329 e. The van der Waals surface area contributed by atoms with Gasteiger partial charge in [0, 0.05) is 18.5 Å². The van der Waals surface area contributed by atoms with Crippen molar-refractivity contribution in [3.8, 4) is 0 Å². The van der Waals surface area contributed by atoms with E-state index >= 15 is 0 Å². The zero-order valence-electron chi connectivity index (χ0n) is 14.6. The van der Waals surface area contributed by atoms with Crippen LogP contribution >= 0.6 is 0 Å². The highest BCUT2D eigenvalue weighted by molar-refractivity contribution is 5.97. The molecule has 26 heavy (non-hydrogen) atoms. The lowest BCUT2D eigenvalue weighted by molar-refractivity contribution is -0.150. The van der Waals surface area contributed by atoms with Crippen molar-refractivity contribution in [3.63, 3.8) is 0 Å². The van der Waals surface area contributed by atoms with E-state index in [0.29, 0.717) is 12.1 Å². The molecule has 0 heterocycles. The Balaban J connectivity index is 2.06. The molecule has 136 valence electrons. The van der Waals surface area contributed by atoms with Crippen molar-refractivity contribution in [3.05, 3.63) is 71.8 Å². The van der Waals surface area contributed by atoms with Gasteiger partial charge in [0.25, 0.3) is 11.8 Å². The fourth-order valence-corrected chi connectivity index (χ4v) is 2.36. The maximum atomic E-state index is 12.4. The van der Waals surface area contributed by atoms with Crippen molar-refractivity contribution in [2.24, 2.45) is 0 Å². The Kier molecular flexibility index (Phi) is 7.36. The minimum atomic E-state index is -0.889. The molecule has 2 amide bonds. The molecule has 2 rings (SSSR count). The first-order chi connectivity index (χ1) is 12.6. The number of nitrogens with one attached hydrogen (secondary N) is 2. The van der Waals surface area contributed by atoms with Gasteiger partial charge in [-0.15, -0.1) is 0 Å². The zero-order valence-corrected chi connectivity index (χ0v) is 14.6.